The summed E-state index contributed by atoms with van der Waals surface area (Å²) in [6.07, 6.45) is 3.89. The molecule has 1 fully saturated rings. The summed E-state index contributed by atoms with van der Waals surface area (Å²) in [7, 11) is 0. The first-order valence-electron chi connectivity index (χ1n) is 8.59. The number of nitrogens with zero attached hydrogens (tertiary/aromatic N) is 2. The highest BCUT2D eigenvalue weighted by atomic mass is 19.1. The third kappa shape index (κ3) is 4.04. The van der Waals surface area contributed by atoms with E-state index < -0.39 is 5.54 Å². The van der Waals surface area contributed by atoms with Crippen molar-refractivity contribution < 1.29 is 13.7 Å². The van der Waals surface area contributed by atoms with Crippen molar-refractivity contribution in [3.05, 3.63) is 47.4 Å². The average Bonchev–Trinajstić information content (AvgIpc) is 3.23. The third-order valence-corrected chi connectivity index (χ3v) is 4.75. The van der Waals surface area contributed by atoms with Gasteiger partial charge in [-0.05, 0) is 37.5 Å². The number of aromatic nitrogens is 2. The van der Waals surface area contributed by atoms with Gasteiger partial charge in [-0.15, -0.1) is 0 Å². The Morgan fingerprint density at radius 2 is 2.00 bits per heavy atom. The fourth-order valence-corrected chi connectivity index (χ4v) is 3.33. The van der Waals surface area contributed by atoms with Gasteiger partial charge in [-0.2, -0.15) is 4.98 Å². The Balaban J connectivity index is 1.59. The van der Waals surface area contributed by atoms with Crippen LogP contribution in [0.2, 0.25) is 0 Å². The van der Waals surface area contributed by atoms with Crippen molar-refractivity contribution >= 4 is 5.91 Å². The van der Waals surface area contributed by atoms with E-state index in [1.165, 1.54) is 12.1 Å². The molecular formula is C18H23FN4O2. The molecule has 2 N–H and O–H groups in total. The molecule has 25 heavy (non-hydrogen) atoms. The molecular weight excluding hydrogens is 323 g/mol. The van der Waals surface area contributed by atoms with E-state index >= 15 is 0 Å². The maximum atomic E-state index is 13.0. The molecule has 1 aromatic carbocycles. The van der Waals surface area contributed by atoms with Gasteiger partial charge in [0.15, 0.2) is 5.82 Å². The summed E-state index contributed by atoms with van der Waals surface area (Å²) in [5.74, 6) is 0.741. The zero-order chi connectivity index (χ0) is 17.9. The fourth-order valence-electron chi connectivity index (χ4n) is 3.33. The number of benzene rings is 1. The highest BCUT2D eigenvalue weighted by Crippen LogP contribution is 2.37. The Bertz CT molecular complexity index is 723. The lowest BCUT2D eigenvalue weighted by molar-refractivity contribution is -0.121. The molecule has 134 valence electrons. The van der Waals surface area contributed by atoms with E-state index in [4.69, 9.17) is 4.52 Å². The van der Waals surface area contributed by atoms with Gasteiger partial charge in [0.05, 0.1) is 18.1 Å². The van der Waals surface area contributed by atoms with Gasteiger partial charge in [0.1, 0.15) is 5.82 Å². The van der Waals surface area contributed by atoms with Crippen LogP contribution in [0.25, 0.3) is 0 Å². The molecule has 1 saturated carbocycles. The number of hydrogen-bond acceptors (Lipinski definition) is 5. The van der Waals surface area contributed by atoms with Gasteiger partial charge in [-0.1, -0.05) is 30.1 Å². The standard InChI is InChI=1S/C18H23FN4O2/c1-12(14-5-7-15(19)8-6-14)21-16(24)11-20-18(9-3-4-10-18)17-22-13(2)25-23-17/h5-8,12,20H,3-4,9-11H2,1-2H3,(H,21,24). The van der Waals surface area contributed by atoms with E-state index in [1.54, 1.807) is 19.1 Å². The number of carbonyl (C=O) groups excluding carboxylic acids is 1. The second-order valence-electron chi connectivity index (χ2n) is 6.62. The number of halogens is 1. The molecule has 1 amide bonds. The first-order chi connectivity index (χ1) is 12.0. The van der Waals surface area contributed by atoms with E-state index in [1.807, 2.05) is 6.92 Å². The summed E-state index contributed by atoms with van der Waals surface area (Å²) in [6.45, 7) is 3.80. The summed E-state index contributed by atoms with van der Waals surface area (Å²) >= 11 is 0. The maximum Gasteiger partial charge on any atom is 0.234 e. The maximum absolute atomic E-state index is 13.0. The molecule has 1 atom stereocenters. The van der Waals surface area contributed by atoms with Crippen LogP contribution in [0.1, 0.15) is 55.9 Å². The van der Waals surface area contributed by atoms with Gasteiger partial charge in [0, 0.05) is 6.92 Å². The number of carbonyl (C=O) groups is 1. The lowest BCUT2D eigenvalue weighted by atomic mass is 9.96. The normalized spacial score (nSPS) is 17.4. The van der Waals surface area contributed by atoms with Crippen LogP contribution in [0.15, 0.2) is 28.8 Å². The van der Waals surface area contributed by atoms with E-state index in [9.17, 15) is 9.18 Å². The van der Waals surface area contributed by atoms with Gasteiger partial charge in [0.25, 0.3) is 0 Å². The molecule has 0 saturated heterocycles. The lowest BCUT2D eigenvalue weighted by Crippen LogP contribution is -2.46. The van der Waals surface area contributed by atoms with Crippen molar-refractivity contribution in [2.45, 2.75) is 51.1 Å². The molecule has 3 rings (SSSR count). The fraction of sp³-hybridized carbons (Fsp3) is 0.500. The molecule has 2 aromatic rings. The van der Waals surface area contributed by atoms with Crippen molar-refractivity contribution in [1.29, 1.82) is 0 Å². The molecule has 1 aliphatic rings. The highest BCUT2D eigenvalue weighted by Gasteiger charge is 2.39. The Kier molecular flexibility index (Phi) is 5.13. The molecule has 0 bridgehead atoms. The largest absolute Gasteiger partial charge is 0.348 e. The molecule has 6 nitrogen and oxygen atoms in total. The summed E-state index contributed by atoms with van der Waals surface area (Å²) in [5.41, 5.74) is 0.466. The number of rotatable bonds is 6. The summed E-state index contributed by atoms with van der Waals surface area (Å²) in [5, 5.41) is 10.3. The Morgan fingerprint density at radius 1 is 1.32 bits per heavy atom. The van der Waals surface area contributed by atoms with Gasteiger partial charge >= 0.3 is 0 Å². The molecule has 1 aliphatic carbocycles. The second-order valence-corrected chi connectivity index (χ2v) is 6.62. The van der Waals surface area contributed by atoms with Crippen molar-refractivity contribution in [3.63, 3.8) is 0 Å². The van der Waals surface area contributed by atoms with Gasteiger partial charge in [0.2, 0.25) is 11.8 Å². The predicted molar refractivity (Wildman–Crippen MR) is 90.1 cm³/mol. The van der Waals surface area contributed by atoms with E-state index in [0.717, 1.165) is 31.2 Å². The Labute approximate surface area is 146 Å². The average molecular weight is 346 g/mol. The van der Waals surface area contributed by atoms with Gasteiger partial charge < -0.3 is 9.84 Å². The molecule has 0 aliphatic heterocycles. The molecule has 1 heterocycles. The molecule has 1 unspecified atom stereocenters. The smallest absolute Gasteiger partial charge is 0.234 e. The summed E-state index contributed by atoms with van der Waals surface area (Å²) < 4.78 is 18.1. The number of hydrogen-bond donors (Lipinski definition) is 2. The topological polar surface area (TPSA) is 80.0 Å². The lowest BCUT2D eigenvalue weighted by Gasteiger charge is -2.27. The van der Waals surface area contributed by atoms with Crippen LogP contribution in [-0.4, -0.2) is 22.6 Å². The van der Waals surface area contributed by atoms with E-state index in [-0.39, 0.29) is 24.3 Å². The van der Waals surface area contributed by atoms with Crippen molar-refractivity contribution in [3.8, 4) is 0 Å². The molecule has 0 spiro atoms. The van der Waals surface area contributed by atoms with Crippen LogP contribution < -0.4 is 10.6 Å². The first-order valence-corrected chi connectivity index (χ1v) is 8.59. The minimum atomic E-state index is -0.395. The molecule has 0 radical (unpaired) electrons. The van der Waals surface area contributed by atoms with Crippen LogP contribution >= 0.6 is 0 Å². The SMILES string of the molecule is Cc1nc(C2(NCC(=O)NC(C)c3ccc(F)cc3)CCCC2)no1. The van der Waals surface area contributed by atoms with Gasteiger partial charge in [-0.3, -0.25) is 10.1 Å². The molecule has 1 aromatic heterocycles. The number of nitrogens with one attached hydrogen (secondary N) is 2. The third-order valence-electron chi connectivity index (χ3n) is 4.75. The minimum Gasteiger partial charge on any atom is -0.348 e. The Hall–Kier alpha value is -2.28. The molecule has 7 heteroatoms. The van der Waals surface area contributed by atoms with Crippen LogP contribution in [0.5, 0.6) is 0 Å². The van der Waals surface area contributed by atoms with Crippen molar-refractivity contribution in [2.75, 3.05) is 6.54 Å². The van der Waals surface area contributed by atoms with Crippen LogP contribution in [0.3, 0.4) is 0 Å². The Morgan fingerprint density at radius 3 is 2.60 bits per heavy atom. The summed E-state index contributed by atoms with van der Waals surface area (Å²) in [4.78, 5) is 16.7. The van der Waals surface area contributed by atoms with Gasteiger partial charge in [-0.25, -0.2) is 4.39 Å². The monoisotopic (exact) mass is 346 g/mol. The van der Waals surface area contributed by atoms with E-state index in [0.29, 0.717) is 11.7 Å². The zero-order valence-electron chi connectivity index (χ0n) is 14.5. The first kappa shape index (κ1) is 17.5. The highest BCUT2D eigenvalue weighted by molar-refractivity contribution is 5.78. The number of amides is 1. The van der Waals surface area contributed by atoms with Crippen molar-refractivity contribution in [2.24, 2.45) is 0 Å². The van der Waals surface area contributed by atoms with E-state index in [2.05, 4.69) is 20.8 Å². The van der Waals surface area contributed by atoms with Crippen LogP contribution in [0, 0.1) is 12.7 Å². The van der Waals surface area contributed by atoms with Crippen molar-refractivity contribution in [1.82, 2.24) is 20.8 Å². The van der Waals surface area contributed by atoms with Crippen LogP contribution in [0.4, 0.5) is 4.39 Å². The second kappa shape index (κ2) is 7.31. The van der Waals surface area contributed by atoms with Crippen LogP contribution in [-0.2, 0) is 10.3 Å². The summed E-state index contributed by atoms with van der Waals surface area (Å²) in [6, 6.07) is 5.94. The predicted octanol–water partition coefficient (Wildman–Crippen LogP) is 2.75. The minimum absolute atomic E-state index is 0.122. The quantitative estimate of drug-likeness (QED) is 0.841. The number of aryl methyl sites for hydroxylation is 1. The zero-order valence-corrected chi connectivity index (χ0v) is 14.5.